The van der Waals surface area contributed by atoms with Crippen molar-refractivity contribution in [3.05, 3.63) is 59.7 Å². The van der Waals surface area contributed by atoms with Crippen molar-refractivity contribution in [3.8, 4) is 11.5 Å². The fourth-order valence-electron chi connectivity index (χ4n) is 2.40. The zero-order valence-corrected chi connectivity index (χ0v) is 13.3. The largest absolute Gasteiger partial charge is 0.494 e. The molecular weight excluding hydrogens is 276 g/mol. The molecule has 2 rings (SSSR count). The van der Waals surface area contributed by atoms with Crippen molar-refractivity contribution < 1.29 is 14.3 Å². The summed E-state index contributed by atoms with van der Waals surface area (Å²) in [4.78, 5) is 10.3. The first-order valence-electron chi connectivity index (χ1n) is 7.48. The molecular formula is C19H22O3. The van der Waals surface area contributed by atoms with Gasteiger partial charge in [-0.3, -0.25) is 4.79 Å². The molecule has 2 aromatic rings. The number of benzene rings is 2. The van der Waals surface area contributed by atoms with E-state index in [-0.39, 0.29) is 12.0 Å². The summed E-state index contributed by atoms with van der Waals surface area (Å²) in [5.41, 5.74) is 2.29. The van der Waals surface area contributed by atoms with Crippen LogP contribution in [0.5, 0.6) is 11.5 Å². The molecule has 3 heteroatoms. The van der Waals surface area contributed by atoms with E-state index < -0.39 is 0 Å². The van der Waals surface area contributed by atoms with Crippen molar-refractivity contribution in [1.82, 2.24) is 0 Å². The number of carbonyl (C=O) groups is 1. The molecule has 0 unspecified atom stereocenters. The van der Waals surface area contributed by atoms with Gasteiger partial charge in [-0.05, 0) is 42.3 Å². The lowest BCUT2D eigenvalue weighted by molar-refractivity contribution is -0.109. The molecule has 0 spiro atoms. The van der Waals surface area contributed by atoms with Crippen LogP contribution < -0.4 is 9.47 Å². The Morgan fingerprint density at radius 1 is 0.864 bits per heavy atom. The van der Waals surface area contributed by atoms with Crippen LogP contribution in [0.25, 0.3) is 0 Å². The van der Waals surface area contributed by atoms with Crippen molar-refractivity contribution in [3.63, 3.8) is 0 Å². The quantitative estimate of drug-likeness (QED) is 0.725. The van der Waals surface area contributed by atoms with Gasteiger partial charge in [-0.25, -0.2) is 0 Å². The molecule has 0 heterocycles. The van der Waals surface area contributed by atoms with E-state index in [1.807, 2.05) is 43.3 Å². The third-order valence-electron chi connectivity index (χ3n) is 3.78. The second-order valence-electron chi connectivity index (χ2n) is 5.58. The average molecular weight is 298 g/mol. The van der Waals surface area contributed by atoms with Crippen LogP contribution in [0.2, 0.25) is 0 Å². The summed E-state index contributed by atoms with van der Waals surface area (Å²) >= 11 is 0. The maximum atomic E-state index is 10.3. The SMILES string of the molecule is CCOc1ccc(C(C)(C)c2ccc(OCC=O)cc2)cc1. The lowest BCUT2D eigenvalue weighted by Gasteiger charge is -2.26. The van der Waals surface area contributed by atoms with Gasteiger partial charge in [0, 0.05) is 5.41 Å². The van der Waals surface area contributed by atoms with Crippen molar-refractivity contribution in [1.29, 1.82) is 0 Å². The zero-order valence-electron chi connectivity index (χ0n) is 13.3. The fourth-order valence-corrected chi connectivity index (χ4v) is 2.40. The lowest BCUT2D eigenvalue weighted by Crippen LogP contribution is -2.18. The molecule has 0 saturated heterocycles. The fraction of sp³-hybridized carbons (Fsp3) is 0.316. The molecule has 116 valence electrons. The Morgan fingerprint density at radius 2 is 1.32 bits per heavy atom. The highest BCUT2D eigenvalue weighted by Crippen LogP contribution is 2.33. The molecule has 0 aliphatic heterocycles. The summed E-state index contributed by atoms with van der Waals surface area (Å²) in [5.74, 6) is 1.60. The lowest BCUT2D eigenvalue weighted by atomic mass is 9.78. The van der Waals surface area contributed by atoms with Gasteiger partial charge in [-0.1, -0.05) is 38.1 Å². The maximum Gasteiger partial charge on any atom is 0.157 e. The Bertz CT molecular complexity index is 598. The van der Waals surface area contributed by atoms with Crippen molar-refractivity contribution >= 4 is 6.29 Å². The topological polar surface area (TPSA) is 35.5 Å². The molecule has 0 radical (unpaired) electrons. The molecule has 3 nitrogen and oxygen atoms in total. The minimum atomic E-state index is -0.117. The van der Waals surface area contributed by atoms with Gasteiger partial charge in [0.15, 0.2) is 6.29 Å². The van der Waals surface area contributed by atoms with Gasteiger partial charge in [-0.2, -0.15) is 0 Å². The van der Waals surface area contributed by atoms with Crippen LogP contribution >= 0.6 is 0 Å². The first-order chi connectivity index (χ1) is 10.6. The highest BCUT2D eigenvalue weighted by atomic mass is 16.5. The minimum absolute atomic E-state index is 0.0850. The molecule has 0 aromatic heterocycles. The van der Waals surface area contributed by atoms with E-state index in [0.717, 1.165) is 12.0 Å². The molecule has 22 heavy (non-hydrogen) atoms. The van der Waals surface area contributed by atoms with Crippen LogP contribution in [0.3, 0.4) is 0 Å². The predicted octanol–water partition coefficient (Wildman–Crippen LogP) is 3.99. The molecule has 2 aromatic carbocycles. The Labute approximate surface area is 131 Å². The van der Waals surface area contributed by atoms with Crippen LogP contribution in [-0.4, -0.2) is 19.5 Å². The Balaban J connectivity index is 2.19. The Kier molecular flexibility index (Phi) is 5.21. The third-order valence-corrected chi connectivity index (χ3v) is 3.78. The second-order valence-corrected chi connectivity index (χ2v) is 5.58. The van der Waals surface area contributed by atoms with Gasteiger partial charge in [0.05, 0.1) is 6.61 Å². The first-order valence-corrected chi connectivity index (χ1v) is 7.48. The number of ether oxygens (including phenoxy) is 2. The van der Waals surface area contributed by atoms with Crippen molar-refractivity contribution in [2.24, 2.45) is 0 Å². The molecule has 0 N–H and O–H groups in total. The molecule has 0 amide bonds. The molecule has 0 aliphatic rings. The molecule has 0 bridgehead atoms. The number of aldehydes is 1. The maximum absolute atomic E-state index is 10.3. The van der Waals surface area contributed by atoms with Crippen LogP contribution in [0, 0.1) is 0 Å². The summed E-state index contributed by atoms with van der Waals surface area (Å²) in [7, 11) is 0. The van der Waals surface area contributed by atoms with E-state index in [0.29, 0.717) is 12.4 Å². The zero-order chi connectivity index (χ0) is 16.0. The molecule has 0 fully saturated rings. The molecule has 0 aliphatic carbocycles. The highest BCUT2D eigenvalue weighted by molar-refractivity contribution is 5.51. The summed E-state index contributed by atoms with van der Waals surface area (Å²) < 4.78 is 10.8. The van der Waals surface area contributed by atoms with Crippen molar-refractivity contribution in [2.45, 2.75) is 26.2 Å². The molecule has 0 atom stereocenters. The van der Waals surface area contributed by atoms with Crippen LogP contribution in [0.1, 0.15) is 31.9 Å². The number of hydrogen-bond donors (Lipinski definition) is 0. The van der Waals surface area contributed by atoms with Gasteiger partial charge in [0.25, 0.3) is 0 Å². The van der Waals surface area contributed by atoms with Gasteiger partial charge in [0.2, 0.25) is 0 Å². The highest BCUT2D eigenvalue weighted by Gasteiger charge is 2.23. The summed E-state index contributed by atoms with van der Waals surface area (Å²) in [5, 5.41) is 0. The van der Waals surface area contributed by atoms with E-state index >= 15 is 0 Å². The number of hydrogen-bond acceptors (Lipinski definition) is 3. The summed E-state index contributed by atoms with van der Waals surface area (Å²) in [6, 6.07) is 16.1. The summed E-state index contributed by atoms with van der Waals surface area (Å²) in [6.07, 6.45) is 0.748. The van der Waals surface area contributed by atoms with Crippen LogP contribution in [-0.2, 0) is 10.2 Å². The Morgan fingerprint density at radius 3 is 1.73 bits per heavy atom. The second kappa shape index (κ2) is 7.12. The first kappa shape index (κ1) is 16.1. The average Bonchev–Trinajstić information content (AvgIpc) is 2.54. The van der Waals surface area contributed by atoms with Gasteiger partial charge >= 0.3 is 0 Å². The van der Waals surface area contributed by atoms with Gasteiger partial charge < -0.3 is 9.47 Å². The number of carbonyl (C=O) groups excluding carboxylic acids is 1. The van der Waals surface area contributed by atoms with Crippen molar-refractivity contribution in [2.75, 3.05) is 13.2 Å². The van der Waals surface area contributed by atoms with Gasteiger partial charge in [-0.15, -0.1) is 0 Å². The Hall–Kier alpha value is -2.29. The number of rotatable bonds is 7. The standard InChI is InChI=1S/C19H22O3/c1-4-21-17-9-5-15(6-10-17)19(2,3)16-7-11-18(12-8-16)22-14-13-20/h5-13H,4,14H2,1-3H3. The predicted molar refractivity (Wildman–Crippen MR) is 87.7 cm³/mol. The third kappa shape index (κ3) is 3.67. The van der Waals surface area contributed by atoms with E-state index in [2.05, 4.69) is 26.0 Å². The monoisotopic (exact) mass is 298 g/mol. The van der Waals surface area contributed by atoms with Crippen LogP contribution in [0.4, 0.5) is 0 Å². The molecule has 0 saturated carbocycles. The van der Waals surface area contributed by atoms with Crippen LogP contribution in [0.15, 0.2) is 48.5 Å². The normalized spacial score (nSPS) is 11.0. The van der Waals surface area contributed by atoms with E-state index in [1.54, 1.807) is 0 Å². The summed E-state index contributed by atoms with van der Waals surface area (Å²) in [6.45, 7) is 7.10. The van der Waals surface area contributed by atoms with E-state index in [1.165, 1.54) is 11.1 Å². The van der Waals surface area contributed by atoms with E-state index in [4.69, 9.17) is 9.47 Å². The van der Waals surface area contributed by atoms with E-state index in [9.17, 15) is 4.79 Å². The van der Waals surface area contributed by atoms with Gasteiger partial charge in [0.1, 0.15) is 18.1 Å². The minimum Gasteiger partial charge on any atom is -0.494 e. The smallest absolute Gasteiger partial charge is 0.157 e.